The van der Waals surface area contributed by atoms with E-state index in [0.717, 1.165) is 19.3 Å². The van der Waals surface area contributed by atoms with Crippen LogP contribution in [-0.4, -0.2) is 63.8 Å². The molecule has 2 aliphatic rings. The third kappa shape index (κ3) is 3.57. The summed E-state index contributed by atoms with van der Waals surface area (Å²) >= 11 is 0. The van der Waals surface area contributed by atoms with Crippen LogP contribution in [-0.2, 0) is 9.47 Å². The molecule has 4 N–H and O–H groups in total. The van der Waals surface area contributed by atoms with Crippen molar-refractivity contribution in [3.05, 3.63) is 0 Å². The summed E-state index contributed by atoms with van der Waals surface area (Å²) in [7, 11) is 0. The molecule has 0 spiro atoms. The van der Waals surface area contributed by atoms with E-state index in [1.807, 2.05) is 0 Å². The summed E-state index contributed by atoms with van der Waals surface area (Å²) in [5.41, 5.74) is 0.273. The molecule has 1 saturated heterocycles. The number of hydrogen-bond acceptors (Lipinski definition) is 6. The number of ether oxygens (including phenoxy) is 2. The SMILES string of the molecule is C[C@H]1CC(OC2OC(CO)[C@@H](O)C(O)[C@H]2O)CCC1(C)C. The van der Waals surface area contributed by atoms with Gasteiger partial charge in [0.25, 0.3) is 0 Å². The van der Waals surface area contributed by atoms with Gasteiger partial charge in [-0.2, -0.15) is 0 Å². The van der Waals surface area contributed by atoms with Crippen molar-refractivity contribution in [1.29, 1.82) is 0 Å². The van der Waals surface area contributed by atoms with Crippen molar-refractivity contribution in [2.75, 3.05) is 6.61 Å². The van der Waals surface area contributed by atoms with Gasteiger partial charge in [-0.3, -0.25) is 0 Å². The Hall–Kier alpha value is -0.240. The molecule has 1 heterocycles. The van der Waals surface area contributed by atoms with Crippen LogP contribution in [0.5, 0.6) is 0 Å². The van der Waals surface area contributed by atoms with Crippen LogP contribution in [0, 0.1) is 11.3 Å². The van der Waals surface area contributed by atoms with E-state index in [4.69, 9.17) is 14.6 Å². The summed E-state index contributed by atoms with van der Waals surface area (Å²) in [5.74, 6) is 0.487. The largest absolute Gasteiger partial charge is 0.394 e. The van der Waals surface area contributed by atoms with E-state index in [2.05, 4.69) is 20.8 Å². The Morgan fingerprint density at radius 2 is 1.81 bits per heavy atom. The van der Waals surface area contributed by atoms with Crippen LogP contribution in [0.3, 0.4) is 0 Å². The maximum absolute atomic E-state index is 9.98. The third-order valence-electron chi connectivity index (χ3n) is 5.24. The molecule has 2 rings (SSSR count). The van der Waals surface area contributed by atoms with Gasteiger partial charge in [-0.25, -0.2) is 0 Å². The van der Waals surface area contributed by atoms with Gasteiger partial charge in [0.2, 0.25) is 0 Å². The Morgan fingerprint density at radius 3 is 2.38 bits per heavy atom. The molecule has 1 aliphatic carbocycles. The number of aliphatic hydroxyl groups excluding tert-OH is 4. The molecule has 1 saturated carbocycles. The van der Waals surface area contributed by atoms with Crippen LogP contribution in [0.1, 0.15) is 40.0 Å². The minimum atomic E-state index is -1.38. The lowest BCUT2D eigenvalue weighted by molar-refractivity contribution is -0.314. The molecule has 0 aromatic rings. The number of rotatable bonds is 3. The Balaban J connectivity index is 1.96. The summed E-state index contributed by atoms with van der Waals surface area (Å²) in [6, 6.07) is 0. The minimum absolute atomic E-state index is 0.0468. The minimum Gasteiger partial charge on any atom is -0.394 e. The zero-order valence-corrected chi connectivity index (χ0v) is 13.0. The monoisotopic (exact) mass is 304 g/mol. The van der Waals surface area contributed by atoms with Gasteiger partial charge < -0.3 is 29.9 Å². The van der Waals surface area contributed by atoms with Gasteiger partial charge in [-0.1, -0.05) is 20.8 Å². The quantitative estimate of drug-likeness (QED) is 0.586. The average molecular weight is 304 g/mol. The van der Waals surface area contributed by atoms with Crippen molar-refractivity contribution in [3.8, 4) is 0 Å². The summed E-state index contributed by atoms with van der Waals surface area (Å²) < 4.78 is 11.2. The first kappa shape index (κ1) is 17.1. The molecule has 0 amide bonds. The highest BCUT2D eigenvalue weighted by molar-refractivity contribution is 4.90. The molecule has 0 bridgehead atoms. The highest BCUT2D eigenvalue weighted by atomic mass is 16.7. The average Bonchev–Trinajstić information content (AvgIpc) is 2.44. The zero-order valence-electron chi connectivity index (χ0n) is 13.0. The van der Waals surface area contributed by atoms with Crippen molar-refractivity contribution < 1.29 is 29.9 Å². The maximum atomic E-state index is 9.98. The second-order valence-electron chi connectivity index (χ2n) is 7.12. The number of aliphatic hydroxyl groups is 4. The summed E-state index contributed by atoms with van der Waals surface area (Å²) in [5, 5.41) is 38.6. The molecule has 0 radical (unpaired) electrons. The lowest BCUT2D eigenvalue weighted by Crippen LogP contribution is -2.59. The molecule has 1 aliphatic heterocycles. The Kier molecular flexibility index (Phi) is 5.28. The van der Waals surface area contributed by atoms with Crippen molar-refractivity contribution in [3.63, 3.8) is 0 Å². The van der Waals surface area contributed by atoms with Crippen LogP contribution in [0.15, 0.2) is 0 Å². The molecule has 6 nitrogen and oxygen atoms in total. The van der Waals surface area contributed by atoms with Crippen LogP contribution in [0.4, 0.5) is 0 Å². The molecular weight excluding hydrogens is 276 g/mol. The molecule has 0 aromatic carbocycles. The molecule has 124 valence electrons. The van der Waals surface area contributed by atoms with Crippen molar-refractivity contribution in [1.82, 2.24) is 0 Å². The smallest absolute Gasteiger partial charge is 0.186 e. The lowest BCUT2D eigenvalue weighted by Gasteiger charge is -2.44. The molecule has 6 heteroatoms. The molecule has 2 fully saturated rings. The molecule has 0 aromatic heterocycles. The van der Waals surface area contributed by atoms with Crippen molar-refractivity contribution in [2.45, 2.75) is 76.8 Å². The molecule has 21 heavy (non-hydrogen) atoms. The first-order valence-electron chi connectivity index (χ1n) is 7.72. The fourth-order valence-corrected chi connectivity index (χ4v) is 3.10. The highest BCUT2D eigenvalue weighted by Gasteiger charge is 2.45. The second kappa shape index (κ2) is 6.48. The fourth-order valence-electron chi connectivity index (χ4n) is 3.10. The van der Waals surface area contributed by atoms with E-state index >= 15 is 0 Å². The van der Waals surface area contributed by atoms with Gasteiger partial charge in [-0.05, 0) is 30.6 Å². The third-order valence-corrected chi connectivity index (χ3v) is 5.24. The topological polar surface area (TPSA) is 99.4 Å². The van der Waals surface area contributed by atoms with Crippen LogP contribution < -0.4 is 0 Å². The molecule has 4 unspecified atom stereocenters. The predicted molar refractivity (Wildman–Crippen MR) is 75.4 cm³/mol. The van der Waals surface area contributed by atoms with Gasteiger partial charge in [0.1, 0.15) is 24.4 Å². The second-order valence-corrected chi connectivity index (χ2v) is 7.12. The van der Waals surface area contributed by atoms with E-state index in [1.165, 1.54) is 0 Å². The standard InChI is InChI=1S/C15H28O6/c1-8-6-9(4-5-15(8,2)3)20-14-13(19)12(18)11(17)10(7-16)21-14/h8-14,16-19H,4-7H2,1-3H3/t8-,9?,10?,11+,12?,13+,14?/m0/s1. The van der Waals surface area contributed by atoms with Gasteiger partial charge >= 0.3 is 0 Å². The fraction of sp³-hybridized carbons (Fsp3) is 1.00. The van der Waals surface area contributed by atoms with Gasteiger partial charge in [0, 0.05) is 0 Å². The number of hydrogen-bond donors (Lipinski definition) is 4. The van der Waals surface area contributed by atoms with Crippen LogP contribution >= 0.6 is 0 Å². The van der Waals surface area contributed by atoms with E-state index in [0.29, 0.717) is 5.92 Å². The van der Waals surface area contributed by atoms with Gasteiger partial charge in [-0.15, -0.1) is 0 Å². The molecule has 7 atom stereocenters. The Labute approximate surface area is 125 Å². The molecular formula is C15H28O6. The van der Waals surface area contributed by atoms with Crippen molar-refractivity contribution in [2.24, 2.45) is 11.3 Å². The van der Waals surface area contributed by atoms with Crippen molar-refractivity contribution >= 4 is 0 Å². The summed E-state index contributed by atoms with van der Waals surface area (Å²) in [6.07, 6.45) is -3.25. The van der Waals surface area contributed by atoms with E-state index < -0.39 is 37.3 Å². The van der Waals surface area contributed by atoms with Gasteiger partial charge in [0.05, 0.1) is 12.7 Å². The van der Waals surface area contributed by atoms with Crippen LogP contribution in [0.2, 0.25) is 0 Å². The van der Waals surface area contributed by atoms with Crippen LogP contribution in [0.25, 0.3) is 0 Å². The van der Waals surface area contributed by atoms with Gasteiger partial charge in [0.15, 0.2) is 6.29 Å². The predicted octanol–water partition coefficient (Wildman–Crippen LogP) is 0.0177. The first-order valence-corrected chi connectivity index (χ1v) is 7.72. The maximum Gasteiger partial charge on any atom is 0.186 e. The summed E-state index contributed by atoms with van der Waals surface area (Å²) in [6.45, 7) is 6.23. The summed E-state index contributed by atoms with van der Waals surface area (Å²) in [4.78, 5) is 0. The highest BCUT2D eigenvalue weighted by Crippen LogP contribution is 2.41. The Morgan fingerprint density at radius 1 is 1.14 bits per heavy atom. The Bertz CT molecular complexity index is 345. The van der Waals surface area contributed by atoms with E-state index in [9.17, 15) is 15.3 Å². The first-order chi connectivity index (χ1) is 9.76. The van der Waals surface area contributed by atoms with E-state index in [-0.39, 0.29) is 11.5 Å². The zero-order chi connectivity index (χ0) is 15.8. The normalized spacial score (nSPS) is 47.3. The lowest BCUT2D eigenvalue weighted by atomic mass is 9.69. The van der Waals surface area contributed by atoms with E-state index in [1.54, 1.807) is 0 Å².